The predicted octanol–water partition coefficient (Wildman–Crippen LogP) is 3.00. The molecule has 2 aromatic rings. The maximum absolute atomic E-state index is 12.5. The zero-order valence-electron chi connectivity index (χ0n) is 18.0. The van der Waals surface area contributed by atoms with Crippen LogP contribution >= 0.6 is 11.8 Å². The fraction of sp³-hybridized carbons (Fsp3) is 0.476. The van der Waals surface area contributed by atoms with Gasteiger partial charge in [0.05, 0.1) is 24.1 Å². The number of ether oxygens (including phenoxy) is 1. The van der Waals surface area contributed by atoms with E-state index in [2.05, 4.69) is 20.2 Å². The number of methoxy groups -OCH3 is 1. The average molecular weight is 419 g/mol. The molecule has 158 valence electrons. The van der Waals surface area contributed by atoms with Gasteiger partial charge in [-0.05, 0) is 45.7 Å². The van der Waals surface area contributed by atoms with Crippen molar-refractivity contribution in [1.82, 2.24) is 14.9 Å². The fourth-order valence-corrected chi connectivity index (χ4v) is 3.93. The number of aromatic nitrogens is 2. The zero-order chi connectivity index (χ0) is 21.6. The molecule has 2 rings (SSSR count). The van der Waals surface area contributed by atoms with Gasteiger partial charge in [0.2, 0.25) is 11.8 Å². The summed E-state index contributed by atoms with van der Waals surface area (Å²) in [4.78, 5) is 29.3. The number of nitrogens with zero attached hydrogens (tertiary/aromatic N) is 2. The van der Waals surface area contributed by atoms with Crippen LogP contribution in [0.5, 0.6) is 0 Å². The molecule has 0 aliphatic carbocycles. The Kier molecular flexibility index (Phi) is 8.28. The number of anilines is 1. The lowest BCUT2D eigenvalue weighted by Crippen LogP contribution is -2.37. The number of benzene rings is 1. The Balaban J connectivity index is 1.93. The van der Waals surface area contributed by atoms with Gasteiger partial charge in [0.25, 0.3) is 0 Å². The van der Waals surface area contributed by atoms with E-state index in [4.69, 9.17) is 4.74 Å². The van der Waals surface area contributed by atoms with Gasteiger partial charge in [-0.1, -0.05) is 30.0 Å². The highest BCUT2D eigenvalue weighted by atomic mass is 32.2. The van der Waals surface area contributed by atoms with Crippen molar-refractivity contribution in [2.24, 2.45) is 0 Å². The lowest BCUT2D eigenvalue weighted by molar-refractivity contribution is -0.123. The van der Waals surface area contributed by atoms with Crippen molar-refractivity contribution in [3.63, 3.8) is 0 Å². The molecule has 29 heavy (non-hydrogen) atoms. The van der Waals surface area contributed by atoms with E-state index in [1.807, 2.05) is 52.8 Å². The molecule has 2 N–H and O–H groups in total. The van der Waals surface area contributed by atoms with Crippen molar-refractivity contribution < 1.29 is 14.3 Å². The first-order valence-corrected chi connectivity index (χ1v) is 10.5. The topological polar surface area (TPSA) is 85.2 Å². The van der Waals surface area contributed by atoms with Gasteiger partial charge in [0.1, 0.15) is 0 Å². The third kappa shape index (κ3) is 6.08. The van der Waals surface area contributed by atoms with Crippen LogP contribution in [0.1, 0.15) is 29.4 Å². The molecule has 0 bridgehead atoms. The van der Waals surface area contributed by atoms with Crippen molar-refractivity contribution in [3.05, 3.63) is 40.7 Å². The van der Waals surface area contributed by atoms with Crippen LogP contribution in [0.15, 0.2) is 23.4 Å². The number of hydrogen-bond acceptors (Lipinski definition) is 5. The number of imidazole rings is 1. The molecule has 8 heteroatoms. The predicted molar refractivity (Wildman–Crippen MR) is 116 cm³/mol. The molecule has 0 radical (unpaired) electrons. The van der Waals surface area contributed by atoms with E-state index in [1.54, 1.807) is 7.11 Å². The van der Waals surface area contributed by atoms with Crippen molar-refractivity contribution in [1.29, 1.82) is 0 Å². The molecule has 1 aromatic heterocycles. The number of thioether (sulfide) groups is 1. The number of carbonyl (C=O) groups is 2. The largest absolute Gasteiger partial charge is 0.383 e. The van der Waals surface area contributed by atoms with Crippen molar-refractivity contribution in [3.8, 4) is 0 Å². The Morgan fingerprint density at radius 1 is 1.21 bits per heavy atom. The van der Waals surface area contributed by atoms with Gasteiger partial charge >= 0.3 is 0 Å². The third-order valence-electron chi connectivity index (χ3n) is 4.76. The first-order chi connectivity index (χ1) is 13.7. The summed E-state index contributed by atoms with van der Waals surface area (Å²) in [6.45, 7) is 10.8. The molecule has 1 aromatic carbocycles. The van der Waals surface area contributed by atoms with Crippen LogP contribution in [0.4, 0.5) is 5.69 Å². The highest BCUT2D eigenvalue weighted by Crippen LogP contribution is 2.25. The minimum Gasteiger partial charge on any atom is -0.383 e. The van der Waals surface area contributed by atoms with Crippen LogP contribution < -0.4 is 10.6 Å². The summed E-state index contributed by atoms with van der Waals surface area (Å²) in [5.74, 6) is -0.454. The Morgan fingerprint density at radius 3 is 2.48 bits per heavy atom. The van der Waals surface area contributed by atoms with Crippen LogP contribution in [0, 0.1) is 27.7 Å². The molecule has 7 nitrogen and oxygen atoms in total. The summed E-state index contributed by atoms with van der Waals surface area (Å²) in [5, 5.41) is 5.98. The monoisotopic (exact) mass is 418 g/mol. The summed E-state index contributed by atoms with van der Waals surface area (Å²) in [6.07, 6.45) is 0. The van der Waals surface area contributed by atoms with Gasteiger partial charge in [-0.15, -0.1) is 0 Å². The summed E-state index contributed by atoms with van der Waals surface area (Å²) in [7, 11) is 1.66. The number of para-hydroxylation sites is 1. The summed E-state index contributed by atoms with van der Waals surface area (Å²) >= 11 is 1.38. The van der Waals surface area contributed by atoms with Crippen molar-refractivity contribution in [2.75, 3.05) is 25.6 Å². The number of amides is 2. The maximum atomic E-state index is 12.5. The van der Waals surface area contributed by atoms with Crippen molar-refractivity contribution >= 4 is 29.3 Å². The second-order valence-corrected chi connectivity index (χ2v) is 8.31. The first kappa shape index (κ1) is 23.0. The number of nitrogens with one attached hydrogen (secondary N) is 2. The van der Waals surface area contributed by atoms with E-state index in [1.165, 1.54) is 11.8 Å². The summed E-state index contributed by atoms with van der Waals surface area (Å²) in [6, 6.07) is 5.83. The second-order valence-electron chi connectivity index (χ2n) is 7.00. The highest BCUT2D eigenvalue weighted by molar-refractivity contribution is 8.00. The van der Waals surface area contributed by atoms with Gasteiger partial charge in [-0.25, -0.2) is 4.98 Å². The summed E-state index contributed by atoms with van der Waals surface area (Å²) < 4.78 is 7.22. The molecule has 1 atom stereocenters. The molecule has 0 fully saturated rings. The minimum atomic E-state index is -0.384. The molecule has 1 unspecified atom stereocenters. The van der Waals surface area contributed by atoms with E-state index in [9.17, 15) is 9.59 Å². The molecule has 0 aliphatic heterocycles. The Morgan fingerprint density at radius 2 is 1.86 bits per heavy atom. The molecule has 0 saturated carbocycles. The quantitative estimate of drug-likeness (QED) is 0.612. The lowest BCUT2D eigenvalue weighted by Gasteiger charge is -2.15. The Bertz CT molecular complexity index is 859. The molecule has 1 heterocycles. The zero-order valence-corrected chi connectivity index (χ0v) is 18.8. The van der Waals surface area contributed by atoms with E-state index in [-0.39, 0.29) is 23.6 Å². The molecular weight excluding hydrogens is 388 g/mol. The van der Waals surface area contributed by atoms with Crippen molar-refractivity contribution in [2.45, 2.75) is 51.6 Å². The highest BCUT2D eigenvalue weighted by Gasteiger charge is 2.20. The van der Waals surface area contributed by atoms with Crippen LogP contribution in [0.3, 0.4) is 0 Å². The maximum Gasteiger partial charge on any atom is 0.243 e. The molecule has 0 aliphatic rings. The number of hydrogen-bond donors (Lipinski definition) is 2. The normalized spacial score (nSPS) is 11.9. The first-order valence-electron chi connectivity index (χ1n) is 9.57. The number of aryl methyl sites for hydroxylation is 3. The van der Waals surface area contributed by atoms with Gasteiger partial charge in [0.15, 0.2) is 5.16 Å². The number of rotatable bonds is 9. The van der Waals surface area contributed by atoms with E-state index in [0.29, 0.717) is 13.2 Å². The Labute approximate surface area is 176 Å². The molecule has 0 spiro atoms. The lowest BCUT2D eigenvalue weighted by atomic mass is 10.1. The average Bonchev–Trinajstić information content (AvgIpc) is 2.94. The van der Waals surface area contributed by atoms with Crippen LogP contribution in [0.25, 0.3) is 0 Å². The van der Waals surface area contributed by atoms with Crippen LogP contribution in [-0.4, -0.2) is 46.9 Å². The molecule has 2 amide bonds. The van der Waals surface area contributed by atoms with Crippen LogP contribution in [-0.2, 0) is 20.9 Å². The van der Waals surface area contributed by atoms with Gasteiger partial charge in [-0.2, -0.15) is 0 Å². The smallest absolute Gasteiger partial charge is 0.243 e. The third-order valence-corrected chi connectivity index (χ3v) is 5.85. The van der Waals surface area contributed by atoms with E-state index >= 15 is 0 Å². The molecule has 0 saturated heterocycles. The minimum absolute atomic E-state index is 0.0757. The Hall–Kier alpha value is -2.32. The van der Waals surface area contributed by atoms with E-state index < -0.39 is 0 Å². The summed E-state index contributed by atoms with van der Waals surface area (Å²) in [5.41, 5.74) is 4.76. The van der Waals surface area contributed by atoms with Crippen LogP contribution in [0.2, 0.25) is 0 Å². The molecular formula is C21H30N4O3S. The van der Waals surface area contributed by atoms with Gasteiger partial charge in [0, 0.05) is 25.0 Å². The van der Waals surface area contributed by atoms with Gasteiger partial charge in [-0.3, -0.25) is 9.59 Å². The standard InChI is InChI=1S/C21H30N4O3S/c1-13-8-7-9-14(2)19(13)24-18(26)12-22-20(27)17(5)29-21-23-15(3)16(4)25(21)10-11-28-6/h7-9,17H,10-12H2,1-6H3,(H,22,27)(H,24,26). The second kappa shape index (κ2) is 10.5. The number of carbonyl (C=O) groups excluding carboxylic acids is 2. The van der Waals surface area contributed by atoms with Gasteiger partial charge < -0.3 is 19.9 Å². The van der Waals surface area contributed by atoms with E-state index in [0.717, 1.165) is 33.4 Å². The SMILES string of the molecule is COCCn1c(SC(C)C(=O)NCC(=O)Nc2c(C)cccc2C)nc(C)c1C. The fourth-order valence-electron chi connectivity index (χ4n) is 2.88.